The molecule has 0 aromatic carbocycles. The van der Waals surface area contributed by atoms with Crippen LogP contribution in [0.2, 0.25) is 0 Å². The van der Waals surface area contributed by atoms with Crippen molar-refractivity contribution in [1.82, 2.24) is 0 Å². The average molecular weight is 200 g/mol. The molecule has 0 heterocycles. The Labute approximate surface area is 92.5 Å². The molecule has 0 heteroatoms. The quantitative estimate of drug-likeness (QED) is 0.473. The molecule has 0 aliphatic heterocycles. The molecule has 0 atom stereocenters. The minimum absolute atomic E-state index is 0.500. The number of rotatable bonds is 0. The monoisotopic (exact) mass is 200 g/mol. The van der Waals surface area contributed by atoms with Gasteiger partial charge in [0.15, 0.2) is 0 Å². The maximum Gasteiger partial charge on any atom is -0.0411 e. The molecule has 0 radical (unpaired) electrons. The van der Waals surface area contributed by atoms with Crippen molar-refractivity contribution in [3.8, 4) is 0 Å². The highest BCUT2D eigenvalue weighted by Gasteiger charge is 2.07. The molecule has 14 heavy (non-hydrogen) atoms. The van der Waals surface area contributed by atoms with Crippen molar-refractivity contribution in [3.63, 3.8) is 0 Å². The van der Waals surface area contributed by atoms with Crippen LogP contribution in [0.1, 0.15) is 80.6 Å². The van der Waals surface area contributed by atoms with Crippen LogP contribution in [-0.4, -0.2) is 0 Å². The minimum atomic E-state index is 0.500. The maximum atomic E-state index is 2.34. The van der Waals surface area contributed by atoms with E-state index in [1.165, 1.54) is 32.1 Å². The van der Waals surface area contributed by atoms with Crippen molar-refractivity contribution in [2.45, 2.75) is 80.6 Å². The van der Waals surface area contributed by atoms with Gasteiger partial charge in [0.25, 0.3) is 0 Å². The molecule has 0 saturated heterocycles. The fourth-order valence-corrected chi connectivity index (χ4v) is 1.13. The van der Waals surface area contributed by atoms with Crippen molar-refractivity contribution >= 4 is 0 Å². The van der Waals surface area contributed by atoms with Crippen molar-refractivity contribution in [1.29, 1.82) is 0 Å². The largest absolute Gasteiger partial charge is 0.0656 e. The second kappa shape index (κ2) is 9.55. The lowest BCUT2D eigenvalue weighted by Crippen LogP contribution is -1.93. The lowest BCUT2D eigenvalue weighted by molar-refractivity contribution is 0.469. The van der Waals surface area contributed by atoms with Gasteiger partial charge in [-0.3, -0.25) is 0 Å². The van der Waals surface area contributed by atoms with E-state index in [2.05, 4.69) is 48.5 Å². The van der Waals surface area contributed by atoms with Gasteiger partial charge in [0.2, 0.25) is 0 Å². The van der Waals surface area contributed by atoms with Crippen molar-refractivity contribution in [2.75, 3.05) is 0 Å². The second-order valence-corrected chi connectivity index (χ2v) is 6.10. The summed E-state index contributed by atoms with van der Waals surface area (Å²) in [6.07, 6.45) is 7.20. The van der Waals surface area contributed by atoms with Gasteiger partial charge in [0, 0.05) is 0 Å². The average Bonchev–Trinajstić information content (AvgIpc) is 2.37. The molecule has 0 unspecified atom stereocenters. The molecule has 0 amide bonds. The van der Waals surface area contributed by atoms with E-state index in [0.29, 0.717) is 5.41 Å². The molecule has 0 nitrogen and oxygen atoms in total. The number of hydrogen-bond donors (Lipinski definition) is 0. The molecule has 0 bridgehead atoms. The standard InChI is InChI=1S/C6H12.C5H12.C3H8/c1-6-4-2-3-5-6;1-5(2,3)4;1-3-2/h6H,2-5H2,1H3;1-4H3;3H2,1-2H3. The molecular formula is C14H32. The van der Waals surface area contributed by atoms with E-state index >= 15 is 0 Å². The maximum absolute atomic E-state index is 2.34. The molecule has 1 aliphatic rings. The van der Waals surface area contributed by atoms with Crippen LogP contribution in [0.25, 0.3) is 0 Å². The first kappa shape index (κ1) is 16.4. The van der Waals surface area contributed by atoms with Gasteiger partial charge in [-0.05, 0) is 11.3 Å². The summed E-state index contributed by atoms with van der Waals surface area (Å²) in [5.74, 6) is 1.05. The van der Waals surface area contributed by atoms with Gasteiger partial charge in [-0.25, -0.2) is 0 Å². The smallest absolute Gasteiger partial charge is 0.0411 e. The predicted octanol–water partition coefficient (Wildman–Crippen LogP) is 5.67. The van der Waals surface area contributed by atoms with Crippen LogP contribution in [0.4, 0.5) is 0 Å². The van der Waals surface area contributed by atoms with Gasteiger partial charge in [-0.2, -0.15) is 0 Å². The van der Waals surface area contributed by atoms with Crippen molar-refractivity contribution in [2.24, 2.45) is 11.3 Å². The third kappa shape index (κ3) is 29.6. The Morgan fingerprint density at radius 1 is 0.929 bits per heavy atom. The Hall–Kier alpha value is 0. The molecule has 0 N–H and O–H groups in total. The minimum Gasteiger partial charge on any atom is -0.0656 e. The second-order valence-electron chi connectivity index (χ2n) is 6.10. The Morgan fingerprint density at radius 3 is 1.21 bits per heavy atom. The lowest BCUT2D eigenvalue weighted by atomic mass is 10.0. The molecule has 0 aromatic heterocycles. The summed E-state index contributed by atoms with van der Waals surface area (Å²) in [7, 11) is 0. The Bertz CT molecular complexity index is 85.1. The Balaban J connectivity index is 0. The number of hydrogen-bond acceptors (Lipinski definition) is 0. The molecule has 88 valence electrons. The Morgan fingerprint density at radius 2 is 1.14 bits per heavy atom. The first-order valence-electron chi connectivity index (χ1n) is 6.31. The van der Waals surface area contributed by atoms with Gasteiger partial charge in [-0.15, -0.1) is 0 Å². The van der Waals surface area contributed by atoms with E-state index in [1.54, 1.807) is 0 Å². The lowest BCUT2D eigenvalue weighted by Gasteiger charge is -2.05. The fourth-order valence-electron chi connectivity index (χ4n) is 1.13. The molecule has 1 saturated carbocycles. The highest BCUT2D eigenvalue weighted by molar-refractivity contribution is 4.60. The first-order valence-corrected chi connectivity index (χ1v) is 6.31. The van der Waals surface area contributed by atoms with Crippen LogP contribution in [-0.2, 0) is 0 Å². The SMILES string of the molecule is CC(C)(C)C.CC1CCCC1.CCC. The summed E-state index contributed by atoms with van der Waals surface area (Å²) in [4.78, 5) is 0. The molecule has 0 spiro atoms. The van der Waals surface area contributed by atoms with E-state index in [9.17, 15) is 0 Å². The molecule has 1 fully saturated rings. The summed E-state index contributed by atoms with van der Waals surface area (Å²) in [5, 5.41) is 0. The summed E-state index contributed by atoms with van der Waals surface area (Å²) in [6.45, 7) is 15.3. The summed E-state index contributed by atoms with van der Waals surface area (Å²) >= 11 is 0. The van der Waals surface area contributed by atoms with Crippen molar-refractivity contribution < 1.29 is 0 Å². The van der Waals surface area contributed by atoms with Crippen molar-refractivity contribution in [3.05, 3.63) is 0 Å². The zero-order valence-corrected chi connectivity index (χ0v) is 11.6. The first-order chi connectivity index (χ1) is 6.31. The fraction of sp³-hybridized carbons (Fsp3) is 1.00. The van der Waals surface area contributed by atoms with Gasteiger partial charge < -0.3 is 0 Å². The van der Waals surface area contributed by atoms with Crippen LogP contribution in [0, 0.1) is 11.3 Å². The summed E-state index contributed by atoms with van der Waals surface area (Å²) < 4.78 is 0. The third-order valence-electron chi connectivity index (χ3n) is 1.64. The van der Waals surface area contributed by atoms with Gasteiger partial charge >= 0.3 is 0 Å². The van der Waals surface area contributed by atoms with Crippen LogP contribution < -0.4 is 0 Å². The summed E-state index contributed by atoms with van der Waals surface area (Å²) in [5.41, 5.74) is 0.500. The molecule has 1 rings (SSSR count). The predicted molar refractivity (Wildman–Crippen MR) is 68.7 cm³/mol. The van der Waals surface area contributed by atoms with E-state index < -0.39 is 0 Å². The van der Waals surface area contributed by atoms with E-state index in [1.807, 2.05) is 0 Å². The molecule has 1 aliphatic carbocycles. The molecule has 0 aromatic rings. The third-order valence-corrected chi connectivity index (χ3v) is 1.64. The zero-order chi connectivity index (χ0) is 11.6. The molecular weight excluding hydrogens is 168 g/mol. The Kier molecular flexibility index (Phi) is 11.2. The highest BCUT2D eigenvalue weighted by atomic mass is 14.1. The van der Waals surface area contributed by atoms with E-state index in [-0.39, 0.29) is 0 Å². The van der Waals surface area contributed by atoms with Crippen LogP contribution in [0.3, 0.4) is 0 Å². The van der Waals surface area contributed by atoms with Crippen LogP contribution in [0.5, 0.6) is 0 Å². The van der Waals surface area contributed by atoms with Crippen LogP contribution in [0.15, 0.2) is 0 Å². The van der Waals surface area contributed by atoms with E-state index in [0.717, 1.165) is 5.92 Å². The zero-order valence-electron chi connectivity index (χ0n) is 11.6. The van der Waals surface area contributed by atoms with Gasteiger partial charge in [0.1, 0.15) is 0 Å². The van der Waals surface area contributed by atoms with Crippen LogP contribution >= 0.6 is 0 Å². The van der Waals surface area contributed by atoms with Gasteiger partial charge in [-0.1, -0.05) is 80.6 Å². The van der Waals surface area contributed by atoms with E-state index in [4.69, 9.17) is 0 Å². The topological polar surface area (TPSA) is 0 Å². The summed E-state index contributed by atoms with van der Waals surface area (Å²) in [6, 6.07) is 0. The normalized spacial score (nSPS) is 16.5. The highest BCUT2D eigenvalue weighted by Crippen LogP contribution is 2.22. The van der Waals surface area contributed by atoms with Gasteiger partial charge in [0.05, 0.1) is 0 Å².